The number of nitrogens with zero attached hydrogens (tertiary/aromatic N) is 1. The summed E-state index contributed by atoms with van der Waals surface area (Å²) in [5.74, 6) is 0. The van der Waals surface area contributed by atoms with Crippen LogP contribution in [0, 0.1) is 0 Å². The van der Waals surface area contributed by atoms with Gasteiger partial charge < -0.3 is 9.88 Å². The molecule has 260 valence electrons. The molecule has 2 aromatic heterocycles. The topological polar surface area (TPSA) is 19.0 Å². The Hall–Kier alpha value is -6.94. The number of hydrogen-bond acceptors (Lipinski definition) is 2. The molecule has 0 bridgehead atoms. The molecular formula is C52H36N2S. The van der Waals surface area contributed by atoms with Gasteiger partial charge in [0, 0.05) is 43.4 Å². The van der Waals surface area contributed by atoms with Crippen LogP contribution in [0.1, 0.15) is 0 Å². The van der Waals surface area contributed by atoms with Gasteiger partial charge in [-0.15, -0.1) is 11.3 Å². The second-order valence-electron chi connectivity index (χ2n) is 13.7. The highest BCUT2D eigenvalue weighted by atomic mass is 32.1. The van der Waals surface area contributed by atoms with E-state index in [0.717, 1.165) is 39.2 Å². The number of aromatic amines is 1. The predicted molar refractivity (Wildman–Crippen MR) is 236 cm³/mol. The number of para-hydroxylation sites is 3. The Bertz CT molecular complexity index is 2830. The van der Waals surface area contributed by atoms with Gasteiger partial charge >= 0.3 is 0 Å². The van der Waals surface area contributed by atoms with Crippen molar-refractivity contribution in [3.8, 4) is 54.9 Å². The van der Waals surface area contributed by atoms with Gasteiger partial charge in [0.25, 0.3) is 0 Å². The SMILES string of the molecule is c1ccc(-c2ccccc2N(c2ccccc2-c2ccccc2)c2cccc(-c3c(-c4ccccc4)ccc4c3[nH]c3ccccc34)c2-c2cccs2)cc1. The molecule has 0 atom stereocenters. The van der Waals surface area contributed by atoms with Crippen LogP contribution in [-0.2, 0) is 0 Å². The minimum atomic E-state index is 1.11. The summed E-state index contributed by atoms with van der Waals surface area (Å²) < 4.78 is 0. The molecule has 0 saturated heterocycles. The zero-order valence-corrected chi connectivity index (χ0v) is 30.9. The summed E-state index contributed by atoms with van der Waals surface area (Å²) in [5.41, 5.74) is 16.2. The first-order valence-electron chi connectivity index (χ1n) is 18.7. The molecule has 0 aliphatic heterocycles. The largest absolute Gasteiger partial charge is 0.354 e. The van der Waals surface area contributed by atoms with Crippen molar-refractivity contribution < 1.29 is 0 Å². The summed E-state index contributed by atoms with van der Waals surface area (Å²) in [7, 11) is 0. The number of nitrogens with one attached hydrogen (secondary N) is 1. The van der Waals surface area contributed by atoms with E-state index in [4.69, 9.17) is 0 Å². The van der Waals surface area contributed by atoms with Crippen molar-refractivity contribution in [2.24, 2.45) is 0 Å². The molecule has 10 rings (SSSR count). The van der Waals surface area contributed by atoms with Gasteiger partial charge in [0.15, 0.2) is 0 Å². The molecule has 0 aliphatic carbocycles. The van der Waals surface area contributed by atoms with E-state index in [1.165, 1.54) is 54.6 Å². The predicted octanol–water partition coefficient (Wildman–Crippen LogP) is 15.2. The number of hydrogen-bond donors (Lipinski definition) is 1. The van der Waals surface area contributed by atoms with Crippen molar-refractivity contribution in [3.63, 3.8) is 0 Å². The minimum Gasteiger partial charge on any atom is -0.354 e. The number of H-pyrrole nitrogens is 1. The molecule has 0 fully saturated rings. The van der Waals surface area contributed by atoms with Gasteiger partial charge in [-0.2, -0.15) is 0 Å². The van der Waals surface area contributed by atoms with Gasteiger partial charge in [-0.05, 0) is 63.5 Å². The highest BCUT2D eigenvalue weighted by Crippen LogP contribution is 2.52. The summed E-state index contributed by atoms with van der Waals surface area (Å²) >= 11 is 1.78. The molecule has 8 aromatic carbocycles. The Kier molecular flexibility index (Phi) is 8.40. The maximum absolute atomic E-state index is 3.89. The van der Waals surface area contributed by atoms with Crippen molar-refractivity contribution in [2.75, 3.05) is 4.90 Å². The monoisotopic (exact) mass is 720 g/mol. The van der Waals surface area contributed by atoms with Crippen LogP contribution in [-0.4, -0.2) is 4.98 Å². The second-order valence-corrected chi connectivity index (χ2v) is 14.7. The molecule has 0 unspecified atom stereocenters. The highest BCUT2D eigenvalue weighted by Gasteiger charge is 2.27. The fourth-order valence-corrected chi connectivity index (χ4v) is 8.91. The van der Waals surface area contributed by atoms with E-state index in [0.29, 0.717) is 0 Å². The Morgan fingerprint density at radius 1 is 0.345 bits per heavy atom. The molecule has 2 nitrogen and oxygen atoms in total. The smallest absolute Gasteiger partial charge is 0.0555 e. The second kappa shape index (κ2) is 14.1. The van der Waals surface area contributed by atoms with Crippen LogP contribution >= 0.6 is 11.3 Å². The first kappa shape index (κ1) is 32.7. The molecule has 10 aromatic rings. The Balaban J connectivity index is 1.34. The van der Waals surface area contributed by atoms with Crippen LogP contribution in [0.4, 0.5) is 17.1 Å². The molecule has 0 amide bonds. The maximum atomic E-state index is 3.89. The van der Waals surface area contributed by atoms with Crippen LogP contribution < -0.4 is 4.90 Å². The first-order valence-corrected chi connectivity index (χ1v) is 19.6. The molecule has 3 heteroatoms. The summed E-state index contributed by atoms with van der Waals surface area (Å²) in [4.78, 5) is 7.59. The summed E-state index contributed by atoms with van der Waals surface area (Å²) in [6.45, 7) is 0. The van der Waals surface area contributed by atoms with Crippen LogP contribution in [0.3, 0.4) is 0 Å². The summed E-state index contributed by atoms with van der Waals surface area (Å²) in [6, 6.07) is 74.5. The summed E-state index contributed by atoms with van der Waals surface area (Å²) in [6.07, 6.45) is 0. The third kappa shape index (κ3) is 5.83. The fraction of sp³-hybridized carbons (Fsp3) is 0. The molecular weight excluding hydrogens is 685 g/mol. The Labute approximate surface area is 325 Å². The van der Waals surface area contributed by atoms with Crippen LogP contribution in [0.2, 0.25) is 0 Å². The number of rotatable bonds is 8. The van der Waals surface area contributed by atoms with Gasteiger partial charge in [-0.1, -0.05) is 176 Å². The molecule has 2 heterocycles. The van der Waals surface area contributed by atoms with Crippen LogP contribution in [0.15, 0.2) is 212 Å². The van der Waals surface area contributed by atoms with Crippen molar-refractivity contribution in [1.29, 1.82) is 0 Å². The van der Waals surface area contributed by atoms with Crippen LogP contribution in [0.25, 0.3) is 76.8 Å². The lowest BCUT2D eigenvalue weighted by atomic mass is 9.88. The Morgan fingerprint density at radius 3 is 1.49 bits per heavy atom. The zero-order chi connectivity index (χ0) is 36.6. The van der Waals surface area contributed by atoms with Crippen LogP contribution in [0.5, 0.6) is 0 Å². The molecule has 0 saturated carbocycles. The molecule has 0 aliphatic rings. The van der Waals surface area contributed by atoms with Crippen molar-refractivity contribution in [1.82, 2.24) is 4.98 Å². The molecule has 55 heavy (non-hydrogen) atoms. The van der Waals surface area contributed by atoms with E-state index in [1.807, 2.05) is 0 Å². The van der Waals surface area contributed by atoms with E-state index in [-0.39, 0.29) is 0 Å². The quantitative estimate of drug-likeness (QED) is 0.166. The number of thiophene rings is 1. The lowest BCUT2D eigenvalue weighted by Crippen LogP contribution is -2.14. The normalized spacial score (nSPS) is 11.3. The third-order valence-electron chi connectivity index (χ3n) is 10.5. The number of aromatic nitrogens is 1. The van der Waals surface area contributed by atoms with Gasteiger partial charge in [0.05, 0.1) is 22.6 Å². The number of anilines is 3. The van der Waals surface area contributed by atoms with Gasteiger partial charge in [-0.3, -0.25) is 0 Å². The molecule has 1 N–H and O–H groups in total. The third-order valence-corrected chi connectivity index (χ3v) is 11.4. The van der Waals surface area contributed by atoms with E-state index < -0.39 is 0 Å². The number of benzene rings is 8. The lowest BCUT2D eigenvalue weighted by molar-refractivity contribution is 1.29. The highest BCUT2D eigenvalue weighted by molar-refractivity contribution is 7.13. The number of fused-ring (bicyclic) bond motifs is 3. The average Bonchev–Trinajstić information content (AvgIpc) is 3.94. The zero-order valence-electron chi connectivity index (χ0n) is 30.1. The van der Waals surface area contributed by atoms with Gasteiger partial charge in [0.1, 0.15) is 0 Å². The molecule has 0 spiro atoms. The van der Waals surface area contributed by atoms with Gasteiger partial charge in [-0.25, -0.2) is 0 Å². The average molecular weight is 721 g/mol. The van der Waals surface area contributed by atoms with E-state index in [9.17, 15) is 0 Å². The standard InChI is InChI=1S/C52H36N2S/c1-4-18-36(19-5-1)39-24-11-14-29-46(39)54(47-30-15-12-25-40(47)37-20-6-2-7-21-37)48-31-16-27-44(51(48)49-32-17-35-55-49)50-41(38-22-8-3-9-23-38)33-34-43-42-26-10-13-28-45(42)53-52(43)50/h1-35,53H. The fourth-order valence-electron chi connectivity index (χ4n) is 8.12. The molecule has 0 radical (unpaired) electrons. The van der Waals surface area contributed by atoms with Crippen molar-refractivity contribution in [2.45, 2.75) is 0 Å². The summed E-state index contributed by atoms with van der Waals surface area (Å²) in [5, 5.41) is 4.63. The van der Waals surface area contributed by atoms with E-state index in [2.05, 4.69) is 222 Å². The van der Waals surface area contributed by atoms with Crippen molar-refractivity contribution >= 4 is 50.2 Å². The lowest BCUT2D eigenvalue weighted by Gasteiger charge is -2.32. The maximum Gasteiger partial charge on any atom is 0.0555 e. The van der Waals surface area contributed by atoms with E-state index in [1.54, 1.807) is 11.3 Å². The van der Waals surface area contributed by atoms with Crippen molar-refractivity contribution in [3.05, 3.63) is 212 Å². The van der Waals surface area contributed by atoms with E-state index >= 15 is 0 Å². The Morgan fingerprint density at radius 2 is 0.873 bits per heavy atom. The minimum absolute atomic E-state index is 1.11. The van der Waals surface area contributed by atoms with Gasteiger partial charge in [0.2, 0.25) is 0 Å². The first-order chi connectivity index (χ1) is 27.3.